The molecule has 3 atom stereocenters. The van der Waals surface area contributed by atoms with Crippen LogP contribution in [0.15, 0.2) is 11.4 Å². The molecule has 0 unspecified atom stereocenters. The molecular weight excluding hydrogens is 290 g/mol. The molecule has 3 N–H and O–H groups in total. The zero-order chi connectivity index (χ0) is 15.6. The summed E-state index contributed by atoms with van der Waals surface area (Å²) in [6.07, 6.45) is 0.207. The molecule has 0 spiro atoms. The number of ether oxygens (including phenoxy) is 1. The highest BCUT2D eigenvalue weighted by Crippen LogP contribution is 2.23. The molecule has 6 nitrogen and oxygen atoms in total. The molecule has 1 fully saturated rings. The molecule has 116 valence electrons. The summed E-state index contributed by atoms with van der Waals surface area (Å²) >= 11 is 1.30. The number of carbonyl (C=O) groups excluding carboxylic acids is 2. The fourth-order valence-electron chi connectivity index (χ4n) is 2.52. The molecule has 21 heavy (non-hydrogen) atoms. The van der Waals surface area contributed by atoms with Crippen LogP contribution in [-0.2, 0) is 9.53 Å². The van der Waals surface area contributed by atoms with Crippen molar-refractivity contribution in [2.24, 2.45) is 5.73 Å². The summed E-state index contributed by atoms with van der Waals surface area (Å²) in [5, 5.41) is 5.04. The average Bonchev–Trinajstić information content (AvgIpc) is 2.84. The maximum absolute atomic E-state index is 12.4. The molecule has 0 saturated carbocycles. The molecule has 1 aliphatic rings. The van der Waals surface area contributed by atoms with Crippen molar-refractivity contribution in [2.75, 3.05) is 18.4 Å². The Labute approximate surface area is 128 Å². The number of hydrogen-bond donors (Lipinski definition) is 2. The number of morpholine rings is 1. The number of rotatable bonds is 4. The summed E-state index contributed by atoms with van der Waals surface area (Å²) in [7, 11) is 0. The van der Waals surface area contributed by atoms with Gasteiger partial charge in [0.25, 0.3) is 5.91 Å². The minimum absolute atomic E-state index is 0.104. The summed E-state index contributed by atoms with van der Waals surface area (Å²) in [5.74, 6) is -0.672. The van der Waals surface area contributed by atoms with Crippen molar-refractivity contribution in [1.82, 2.24) is 4.90 Å². The second-order valence-corrected chi connectivity index (χ2v) is 6.32. The molecular formula is C14H21N3O3S. The Hall–Kier alpha value is -1.44. The number of nitrogens with one attached hydrogen (secondary N) is 1. The van der Waals surface area contributed by atoms with Crippen LogP contribution in [0.1, 0.15) is 31.1 Å². The average molecular weight is 311 g/mol. The number of amides is 2. The molecule has 0 aromatic carbocycles. The van der Waals surface area contributed by atoms with Gasteiger partial charge in [0.1, 0.15) is 5.00 Å². The zero-order valence-electron chi connectivity index (χ0n) is 12.5. The van der Waals surface area contributed by atoms with Crippen LogP contribution in [0.25, 0.3) is 0 Å². The molecule has 2 heterocycles. The van der Waals surface area contributed by atoms with E-state index in [1.807, 2.05) is 20.8 Å². The predicted molar refractivity (Wildman–Crippen MR) is 82.5 cm³/mol. The lowest BCUT2D eigenvalue weighted by atomic mass is 10.1. The molecule has 0 radical (unpaired) electrons. The molecule has 2 rings (SSSR count). The van der Waals surface area contributed by atoms with Gasteiger partial charge in [-0.2, -0.15) is 0 Å². The Morgan fingerprint density at radius 1 is 1.43 bits per heavy atom. The van der Waals surface area contributed by atoms with E-state index in [0.29, 0.717) is 23.7 Å². The third-order valence-corrected chi connectivity index (χ3v) is 4.37. The Balaban J connectivity index is 2.02. The first-order valence-electron chi connectivity index (χ1n) is 6.96. The summed E-state index contributed by atoms with van der Waals surface area (Å²) in [6, 6.07) is 1.33. The van der Waals surface area contributed by atoms with E-state index in [1.54, 1.807) is 11.4 Å². The maximum atomic E-state index is 12.4. The number of nitrogens with zero attached hydrogens (tertiary/aromatic N) is 1. The van der Waals surface area contributed by atoms with E-state index >= 15 is 0 Å². The number of nitrogens with two attached hydrogens (primary N) is 1. The second-order valence-electron chi connectivity index (χ2n) is 5.40. The van der Waals surface area contributed by atoms with Gasteiger partial charge in [-0.25, -0.2) is 0 Å². The zero-order valence-corrected chi connectivity index (χ0v) is 13.3. The third-order valence-electron chi connectivity index (χ3n) is 3.54. The number of primary amides is 1. The first-order valence-corrected chi connectivity index (χ1v) is 7.84. The normalized spacial score (nSPS) is 24.5. The Kier molecular flexibility index (Phi) is 4.97. The quantitative estimate of drug-likeness (QED) is 0.877. The van der Waals surface area contributed by atoms with Gasteiger partial charge in [0.05, 0.1) is 23.8 Å². The van der Waals surface area contributed by atoms with Crippen molar-refractivity contribution in [1.29, 1.82) is 0 Å². The Bertz CT molecular complexity index is 521. The Morgan fingerprint density at radius 2 is 2.05 bits per heavy atom. The van der Waals surface area contributed by atoms with Gasteiger partial charge in [-0.3, -0.25) is 14.5 Å². The highest BCUT2D eigenvalue weighted by Gasteiger charge is 2.29. The van der Waals surface area contributed by atoms with E-state index in [4.69, 9.17) is 10.5 Å². The summed E-state index contributed by atoms with van der Waals surface area (Å²) in [6.45, 7) is 7.28. The van der Waals surface area contributed by atoms with Gasteiger partial charge in [0, 0.05) is 13.1 Å². The van der Waals surface area contributed by atoms with Crippen LogP contribution < -0.4 is 11.1 Å². The van der Waals surface area contributed by atoms with Crippen LogP contribution in [-0.4, -0.2) is 48.1 Å². The predicted octanol–water partition coefficient (Wildman–Crippen LogP) is 1.28. The lowest BCUT2D eigenvalue weighted by Gasteiger charge is -2.38. The summed E-state index contributed by atoms with van der Waals surface area (Å²) < 4.78 is 5.67. The van der Waals surface area contributed by atoms with Crippen LogP contribution in [0.2, 0.25) is 0 Å². The van der Waals surface area contributed by atoms with Crippen LogP contribution in [0, 0.1) is 0 Å². The van der Waals surface area contributed by atoms with Gasteiger partial charge in [0.15, 0.2) is 0 Å². The molecule has 7 heteroatoms. The van der Waals surface area contributed by atoms with Crippen LogP contribution in [0.5, 0.6) is 0 Å². The minimum Gasteiger partial charge on any atom is -0.373 e. The summed E-state index contributed by atoms with van der Waals surface area (Å²) in [5.41, 5.74) is 5.63. The van der Waals surface area contributed by atoms with Gasteiger partial charge in [-0.1, -0.05) is 0 Å². The number of carbonyl (C=O) groups is 2. The monoisotopic (exact) mass is 311 g/mol. The summed E-state index contributed by atoms with van der Waals surface area (Å²) in [4.78, 5) is 25.7. The molecule has 0 bridgehead atoms. The van der Waals surface area contributed by atoms with E-state index in [1.165, 1.54) is 11.3 Å². The largest absolute Gasteiger partial charge is 0.373 e. The topological polar surface area (TPSA) is 84.7 Å². The van der Waals surface area contributed by atoms with Gasteiger partial charge in [0.2, 0.25) is 5.91 Å². The van der Waals surface area contributed by atoms with E-state index < -0.39 is 5.91 Å². The maximum Gasteiger partial charge on any atom is 0.251 e. The molecule has 1 aromatic rings. The fourth-order valence-corrected chi connectivity index (χ4v) is 3.31. The van der Waals surface area contributed by atoms with Gasteiger partial charge >= 0.3 is 0 Å². The lowest BCUT2D eigenvalue weighted by Crippen LogP contribution is -2.52. The van der Waals surface area contributed by atoms with Crippen molar-refractivity contribution in [3.8, 4) is 0 Å². The standard InChI is InChI=1S/C14H21N3O3S/c1-8-6-17(7-9(2)20-8)10(3)13(19)16-14-11(12(15)18)4-5-21-14/h4-5,8-10H,6-7H2,1-3H3,(H2,15,18)(H,16,19)/t8-,9-,10+/m1/s1. The van der Waals surface area contributed by atoms with Crippen molar-refractivity contribution < 1.29 is 14.3 Å². The van der Waals surface area contributed by atoms with Crippen LogP contribution >= 0.6 is 11.3 Å². The van der Waals surface area contributed by atoms with Crippen molar-refractivity contribution >= 4 is 28.2 Å². The molecule has 0 aliphatic carbocycles. The lowest BCUT2D eigenvalue weighted by molar-refractivity contribution is -0.126. The minimum atomic E-state index is -0.534. The molecule has 2 amide bonds. The smallest absolute Gasteiger partial charge is 0.251 e. The first-order chi connectivity index (χ1) is 9.88. The van der Waals surface area contributed by atoms with Gasteiger partial charge in [-0.05, 0) is 32.2 Å². The first kappa shape index (κ1) is 15.9. The van der Waals surface area contributed by atoms with Crippen molar-refractivity contribution in [3.63, 3.8) is 0 Å². The fraction of sp³-hybridized carbons (Fsp3) is 0.571. The van der Waals surface area contributed by atoms with E-state index in [9.17, 15) is 9.59 Å². The number of hydrogen-bond acceptors (Lipinski definition) is 5. The van der Waals surface area contributed by atoms with Crippen LogP contribution in [0.3, 0.4) is 0 Å². The third kappa shape index (κ3) is 3.81. The highest BCUT2D eigenvalue weighted by molar-refractivity contribution is 7.14. The van der Waals surface area contributed by atoms with Crippen molar-refractivity contribution in [2.45, 2.75) is 39.0 Å². The highest BCUT2D eigenvalue weighted by atomic mass is 32.1. The molecule has 1 aliphatic heterocycles. The van der Waals surface area contributed by atoms with Gasteiger partial charge < -0.3 is 15.8 Å². The Morgan fingerprint density at radius 3 is 2.62 bits per heavy atom. The van der Waals surface area contributed by atoms with E-state index in [0.717, 1.165) is 0 Å². The van der Waals surface area contributed by atoms with Crippen molar-refractivity contribution in [3.05, 3.63) is 17.0 Å². The second kappa shape index (κ2) is 6.55. The molecule has 1 aromatic heterocycles. The molecule has 1 saturated heterocycles. The SMILES string of the molecule is C[C@@H]1CN([C@@H](C)C(=O)Nc2sccc2C(N)=O)C[C@@H](C)O1. The van der Waals surface area contributed by atoms with Crippen LogP contribution in [0.4, 0.5) is 5.00 Å². The van der Waals surface area contributed by atoms with Gasteiger partial charge in [-0.15, -0.1) is 11.3 Å². The number of thiophene rings is 1. The van der Waals surface area contributed by atoms with E-state index in [-0.39, 0.29) is 24.2 Å². The van der Waals surface area contributed by atoms with E-state index in [2.05, 4.69) is 10.2 Å². The number of anilines is 1.